The molecule has 0 saturated carbocycles. The zero-order valence-corrected chi connectivity index (χ0v) is 16.0. The summed E-state index contributed by atoms with van der Waals surface area (Å²) in [6.07, 6.45) is 0. The Morgan fingerprint density at radius 1 is 1.19 bits per heavy atom. The second-order valence-corrected chi connectivity index (χ2v) is 6.95. The van der Waals surface area contributed by atoms with E-state index in [0.717, 1.165) is 16.0 Å². The minimum absolute atomic E-state index is 0.307. The molecule has 2 heterocycles. The number of benzene rings is 2. The van der Waals surface area contributed by atoms with Gasteiger partial charge in [-0.2, -0.15) is 4.99 Å². The average Bonchev–Trinajstić information content (AvgIpc) is 3.05. The van der Waals surface area contributed by atoms with Gasteiger partial charge in [0, 0.05) is 12.1 Å². The van der Waals surface area contributed by atoms with E-state index in [2.05, 4.69) is 4.99 Å². The Kier molecular flexibility index (Phi) is 4.85. The number of para-hydroxylation sites is 1. The summed E-state index contributed by atoms with van der Waals surface area (Å²) in [6, 6.07) is 11.1. The molecule has 140 valence electrons. The smallest absolute Gasteiger partial charge is 0.279 e. The molecular weight excluding hydrogens is 364 g/mol. The number of ether oxygens (including phenoxy) is 3. The van der Waals surface area contributed by atoms with E-state index in [9.17, 15) is 4.79 Å². The first-order valence-corrected chi connectivity index (χ1v) is 9.76. The van der Waals surface area contributed by atoms with Crippen LogP contribution in [-0.2, 0) is 6.54 Å². The molecule has 0 radical (unpaired) electrons. The van der Waals surface area contributed by atoms with Gasteiger partial charge in [0.15, 0.2) is 16.3 Å². The summed E-state index contributed by atoms with van der Waals surface area (Å²) in [5, 5.41) is 0. The van der Waals surface area contributed by atoms with Gasteiger partial charge in [0.25, 0.3) is 5.91 Å². The van der Waals surface area contributed by atoms with Crippen LogP contribution in [0.4, 0.5) is 0 Å². The second-order valence-electron chi connectivity index (χ2n) is 5.94. The second kappa shape index (κ2) is 7.44. The Balaban J connectivity index is 1.78. The monoisotopic (exact) mass is 384 g/mol. The van der Waals surface area contributed by atoms with Crippen molar-refractivity contribution in [2.45, 2.75) is 20.4 Å². The number of aromatic nitrogens is 1. The van der Waals surface area contributed by atoms with E-state index in [1.807, 2.05) is 36.6 Å². The third-order valence-corrected chi connectivity index (χ3v) is 5.31. The van der Waals surface area contributed by atoms with Crippen LogP contribution in [0.25, 0.3) is 10.2 Å². The van der Waals surface area contributed by atoms with E-state index < -0.39 is 0 Å². The van der Waals surface area contributed by atoms with Gasteiger partial charge >= 0.3 is 0 Å². The first-order chi connectivity index (χ1) is 13.2. The Morgan fingerprint density at radius 2 is 2.00 bits per heavy atom. The molecular formula is C20H20N2O4S. The lowest BCUT2D eigenvalue weighted by molar-refractivity contribution is 0.0996. The summed E-state index contributed by atoms with van der Waals surface area (Å²) in [6.45, 7) is 6.26. The lowest BCUT2D eigenvalue weighted by Crippen LogP contribution is -2.17. The average molecular weight is 384 g/mol. The van der Waals surface area contributed by atoms with Gasteiger partial charge in [-0.25, -0.2) is 0 Å². The first-order valence-electron chi connectivity index (χ1n) is 8.95. The lowest BCUT2D eigenvalue weighted by Gasteiger charge is -2.18. The van der Waals surface area contributed by atoms with Crippen LogP contribution < -0.4 is 19.0 Å². The van der Waals surface area contributed by atoms with Crippen molar-refractivity contribution in [1.82, 2.24) is 4.57 Å². The first kappa shape index (κ1) is 17.6. The van der Waals surface area contributed by atoms with Crippen molar-refractivity contribution in [3.8, 4) is 17.2 Å². The highest BCUT2D eigenvalue weighted by atomic mass is 32.1. The summed E-state index contributed by atoms with van der Waals surface area (Å²) in [5.74, 6) is 1.74. The minimum Gasteiger partial charge on any atom is -0.492 e. The summed E-state index contributed by atoms with van der Waals surface area (Å²) >= 11 is 1.48. The van der Waals surface area contributed by atoms with Crippen molar-refractivity contribution >= 4 is 27.5 Å². The molecule has 6 nitrogen and oxygen atoms in total. The number of thiazole rings is 1. The van der Waals surface area contributed by atoms with Crippen molar-refractivity contribution < 1.29 is 19.0 Å². The molecule has 7 heteroatoms. The Bertz CT molecular complexity index is 1070. The third-order valence-electron chi connectivity index (χ3n) is 4.27. The number of nitrogens with zero attached hydrogens (tertiary/aromatic N) is 2. The maximum absolute atomic E-state index is 12.8. The van der Waals surface area contributed by atoms with Gasteiger partial charge in [-0.3, -0.25) is 4.79 Å². The zero-order chi connectivity index (χ0) is 18.8. The Morgan fingerprint density at radius 3 is 2.78 bits per heavy atom. The van der Waals surface area contributed by atoms with Crippen LogP contribution in [0.5, 0.6) is 17.2 Å². The van der Waals surface area contributed by atoms with Crippen LogP contribution in [0.15, 0.2) is 41.4 Å². The molecule has 1 amide bonds. The number of hydrogen-bond donors (Lipinski definition) is 0. The van der Waals surface area contributed by atoms with Gasteiger partial charge in [-0.15, -0.1) is 0 Å². The van der Waals surface area contributed by atoms with Crippen LogP contribution >= 0.6 is 11.3 Å². The number of rotatable bonds is 4. The predicted octanol–water partition coefficient (Wildman–Crippen LogP) is 3.63. The van der Waals surface area contributed by atoms with Gasteiger partial charge in [-0.1, -0.05) is 17.4 Å². The number of fused-ring (bicyclic) bond motifs is 2. The van der Waals surface area contributed by atoms with E-state index in [1.54, 1.807) is 18.2 Å². The number of amides is 1. The minimum atomic E-state index is -0.307. The van der Waals surface area contributed by atoms with Crippen molar-refractivity contribution in [3.63, 3.8) is 0 Å². The fourth-order valence-corrected chi connectivity index (χ4v) is 4.19. The van der Waals surface area contributed by atoms with E-state index in [0.29, 0.717) is 48.2 Å². The summed E-state index contributed by atoms with van der Waals surface area (Å²) < 4.78 is 19.9. The molecule has 0 aliphatic carbocycles. The van der Waals surface area contributed by atoms with Crippen LogP contribution in [0.2, 0.25) is 0 Å². The normalized spacial score (nSPS) is 13.8. The molecule has 0 bridgehead atoms. The number of carbonyl (C=O) groups excluding carboxylic acids is 1. The molecule has 0 N–H and O–H groups in total. The molecule has 27 heavy (non-hydrogen) atoms. The molecule has 0 spiro atoms. The SMILES string of the molecule is CCOc1cccc2sc(=NC(=O)c3ccc4c(c3)OCCO4)n(CC)c12. The molecule has 0 atom stereocenters. The fraction of sp³-hybridized carbons (Fsp3) is 0.300. The number of aryl methyl sites for hydroxylation is 1. The van der Waals surface area contributed by atoms with Gasteiger partial charge in [0.1, 0.15) is 24.5 Å². The van der Waals surface area contributed by atoms with Gasteiger partial charge < -0.3 is 18.8 Å². The third kappa shape index (κ3) is 3.30. The van der Waals surface area contributed by atoms with Gasteiger partial charge in [-0.05, 0) is 44.2 Å². The summed E-state index contributed by atoms with van der Waals surface area (Å²) in [4.78, 5) is 17.8. The van der Waals surface area contributed by atoms with Gasteiger partial charge in [0.05, 0.1) is 11.3 Å². The zero-order valence-electron chi connectivity index (χ0n) is 15.2. The Labute approximate surface area is 160 Å². The molecule has 1 aliphatic heterocycles. The van der Waals surface area contributed by atoms with E-state index in [-0.39, 0.29) is 5.91 Å². The molecule has 1 aliphatic rings. The molecule has 1 aromatic heterocycles. The largest absolute Gasteiger partial charge is 0.492 e. The quantitative estimate of drug-likeness (QED) is 0.689. The number of hydrogen-bond acceptors (Lipinski definition) is 5. The predicted molar refractivity (Wildman–Crippen MR) is 104 cm³/mol. The van der Waals surface area contributed by atoms with Crippen molar-refractivity contribution in [1.29, 1.82) is 0 Å². The Hall–Kier alpha value is -2.80. The highest BCUT2D eigenvalue weighted by Crippen LogP contribution is 2.31. The maximum atomic E-state index is 12.8. The molecule has 0 saturated heterocycles. The van der Waals surface area contributed by atoms with E-state index in [4.69, 9.17) is 14.2 Å². The van der Waals surface area contributed by atoms with Crippen molar-refractivity contribution in [3.05, 3.63) is 46.8 Å². The molecule has 0 fully saturated rings. The summed E-state index contributed by atoms with van der Waals surface area (Å²) in [7, 11) is 0. The highest BCUT2D eigenvalue weighted by molar-refractivity contribution is 7.16. The van der Waals surface area contributed by atoms with Crippen molar-refractivity contribution in [2.24, 2.45) is 4.99 Å². The van der Waals surface area contributed by atoms with E-state index in [1.165, 1.54) is 11.3 Å². The van der Waals surface area contributed by atoms with Gasteiger partial charge in [0.2, 0.25) is 0 Å². The number of carbonyl (C=O) groups is 1. The van der Waals surface area contributed by atoms with Crippen LogP contribution in [0.1, 0.15) is 24.2 Å². The van der Waals surface area contributed by atoms with Crippen LogP contribution in [-0.4, -0.2) is 30.3 Å². The molecule has 0 unspecified atom stereocenters. The molecule has 4 rings (SSSR count). The lowest BCUT2D eigenvalue weighted by atomic mass is 10.2. The van der Waals surface area contributed by atoms with E-state index >= 15 is 0 Å². The topological polar surface area (TPSA) is 62.1 Å². The fourth-order valence-electron chi connectivity index (χ4n) is 3.08. The van der Waals surface area contributed by atoms with Crippen LogP contribution in [0, 0.1) is 0 Å². The van der Waals surface area contributed by atoms with Crippen molar-refractivity contribution in [2.75, 3.05) is 19.8 Å². The molecule has 2 aromatic carbocycles. The molecule has 3 aromatic rings. The standard InChI is InChI=1S/C20H20N2O4S/c1-3-22-18-15(24-4-2)6-5-7-17(18)27-20(22)21-19(23)13-8-9-14-16(12-13)26-11-10-25-14/h5-9,12H,3-4,10-11H2,1-2H3. The summed E-state index contributed by atoms with van der Waals surface area (Å²) in [5.41, 5.74) is 1.45. The maximum Gasteiger partial charge on any atom is 0.279 e. The highest BCUT2D eigenvalue weighted by Gasteiger charge is 2.16. The van der Waals surface area contributed by atoms with Crippen LogP contribution in [0.3, 0.4) is 0 Å².